The zero-order chi connectivity index (χ0) is 21.3. The quantitative estimate of drug-likeness (QED) is 0.108. The number of hydrogen-bond donors (Lipinski definition) is 8. The molecule has 33 heavy (non-hydrogen) atoms. The van der Waals surface area contributed by atoms with Crippen LogP contribution in [0.2, 0.25) is 0 Å². The molecule has 0 spiro atoms. The summed E-state index contributed by atoms with van der Waals surface area (Å²) in [5.74, 6) is -10.0. The summed E-state index contributed by atoms with van der Waals surface area (Å²) >= 11 is 0. The van der Waals surface area contributed by atoms with Crippen molar-refractivity contribution in [3.8, 4) is 0 Å². The normalized spacial score (nSPS) is 8.55. The molecule has 0 aliphatic heterocycles. The van der Waals surface area contributed by atoms with Gasteiger partial charge < -0.3 is 68.2 Å². The topological polar surface area (TPSA) is 422 Å². The van der Waals surface area contributed by atoms with E-state index in [0.717, 1.165) is 0 Å². The number of hydrogen-bond acceptors (Lipinski definition) is 8. The molecular formula is C12H26Cu2O19+4. The molecule has 0 aromatic carbocycles. The van der Waals surface area contributed by atoms with Crippen LogP contribution < -0.4 is 0 Å². The Balaban J connectivity index is -0.0000000411. The minimum absolute atomic E-state index is 0. The molecule has 0 heterocycles. The SMILES string of the molecule is O.O.O.O.O.O=C(O)CC(O)(CC(=O)O)C(=O)O.O=C(O)CC(O)(CC(=O)O)C(=O)O.[Cu+2].[Cu+2]. The van der Waals surface area contributed by atoms with Gasteiger partial charge in [-0.15, -0.1) is 0 Å². The van der Waals surface area contributed by atoms with Crippen LogP contribution in [0.15, 0.2) is 0 Å². The number of carboxylic acid groups (broad SMARTS) is 6. The van der Waals surface area contributed by atoms with Gasteiger partial charge in [0.15, 0.2) is 11.2 Å². The first-order chi connectivity index (χ1) is 11.6. The Hall–Kier alpha value is -2.42. The van der Waals surface area contributed by atoms with Gasteiger partial charge in [0.05, 0.1) is 25.7 Å². The fraction of sp³-hybridized carbons (Fsp3) is 0.500. The Morgan fingerprint density at radius 3 is 0.606 bits per heavy atom. The maximum Gasteiger partial charge on any atom is 2.00 e. The first-order valence-electron chi connectivity index (χ1n) is 6.34. The summed E-state index contributed by atoms with van der Waals surface area (Å²) in [6.07, 6.45) is -4.58. The smallest absolute Gasteiger partial charge is 0.481 e. The number of aliphatic carboxylic acids is 6. The second kappa shape index (κ2) is 24.2. The van der Waals surface area contributed by atoms with E-state index in [1.165, 1.54) is 0 Å². The summed E-state index contributed by atoms with van der Waals surface area (Å²) in [7, 11) is 0. The van der Waals surface area contributed by atoms with E-state index in [0.29, 0.717) is 0 Å². The molecule has 19 nitrogen and oxygen atoms in total. The minimum Gasteiger partial charge on any atom is -0.481 e. The van der Waals surface area contributed by atoms with E-state index in [1.807, 2.05) is 0 Å². The fourth-order valence-electron chi connectivity index (χ4n) is 1.43. The molecule has 0 fully saturated rings. The third kappa shape index (κ3) is 25.7. The van der Waals surface area contributed by atoms with Crippen molar-refractivity contribution in [2.24, 2.45) is 0 Å². The molecule has 2 radical (unpaired) electrons. The van der Waals surface area contributed by atoms with Crippen molar-refractivity contribution in [3.05, 3.63) is 0 Å². The average molecular weight is 601 g/mol. The largest absolute Gasteiger partial charge is 2.00 e. The summed E-state index contributed by atoms with van der Waals surface area (Å²) in [4.78, 5) is 61.0. The molecule has 18 N–H and O–H groups in total. The second-order valence-corrected chi connectivity index (χ2v) is 4.96. The second-order valence-electron chi connectivity index (χ2n) is 4.96. The van der Waals surface area contributed by atoms with Gasteiger partial charge in [0.1, 0.15) is 0 Å². The van der Waals surface area contributed by atoms with Gasteiger partial charge in [-0.3, -0.25) is 19.2 Å². The van der Waals surface area contributed by atoms with E-state index >= 15 is 0 Å². The third-order valence-electron chi connectivity index (χ3n) is 2.57. The Kier molecular flexibility index (Phi) is 42.2. The van der Waals surface area contributed by atoms with Crippen molar-refractivity contribution in [3.63, 3.8) is 0 Å². The summed E-state index contributed by atoms with van der Waals surface area (Å²) in [6, 6.07) is 0. The summed E-state index contributed by atoms with van der Waals surface area (Å²) in [5.41, 5.74) is -5.48. The summed E-state index contributed by atoms with van der Waals surface area (Å²) in [6.45, 7) is 0. The van der Waals surface area contributed by atoms with Crippen molar-refractivity contribution in [2.45, 2.75) is 36.9 Å². The van der Waals surface area contributed by atoms with Gasteiger partial charge in [0.25, 0.3) is 0 Å². The van der Waals surface area contributed by atoms with Crippen LogP contribution in [0.1, 0.15) is 25.7 Å². The van der Waals surface area contributed by atoms with Crippen LogP contribution in [-0.4, -0.2) is 115 Å². The molecule has 0 unspecified atom stereocenters. The van der Waals surface area contributed by atoms with Crippen LogP contribution in [-0.2, 0) is 62.9 Å². The van der Waals surface area contributed by atoms with Crippen LogP contribution in [0, 0.1) is 0 Å². The molecule has 0 aliphatic rings. The first kappa shape index (κ1) is 57.5. The molecule has 0 amide bonds. The van der Waals surface area contributed by atoms with E-state index in [1.54, 1.807) is 0 Å². The molecule has 0 atom stereocenters. The van der Waals surface area contributed by atoms with Crippen molar-refractivity contribution in [2.75, 3.05) is 0 Å². The first-order valence-corrected chi connectivity index (χ1v) is 6.34. The molecule has 0 saturated heterocycles. The maximum atomic E-state index is 10.3. The van der Waals surface area contributed by atoms with Gasteiger partial charge in [-0.05, 0) is 0 Å². The molecular weight excluding hydrogens is 575 g/mol. The fourth-order valence-corrected chi connectivity index (χ4v) is 1.43. The standard InChI is InChI=1S/2C6H8O7.2Cu.5H2O/c2*7-3(8)1-6(13,5(11)12)2-4(9)10;;;;;;;/h2*13H,1-2H2,(H,7,8)(H,9,10)(H,11,12);;;5*1H2/q;;2*+2;;;;;. The molecule has 0 saturated carbocycles. The molecule has 0 aliphatic carbocycles. The Morgan fingerprint density at radius 1 is 0.424 bits per heavy atom. The van der Waals surface area contributed by atoms with Crippen molar-refractivity contribution in [1.29, 1.82) is 0 Å². The Labute approximate surface area is 204 Å². The van der Waals surface area contributed by atoms with Gasteiger partial charge in [0, 0.05) is 0 Å². The molecule has 0 aromatic rings. The van der Waals surface area contributed by atoms with Gasteiger partial charge in [0.2, 0.25) is 0 Å². The Bertz CT molecular complexity index is 522. The molecule has 206 valence electrons. The number of carboxylic acids is 6. The maximum absolute atomic E-state index is 10.3. The summed E-state index contributed by atoms with van der Waals surface area (Å²) in [5, 5.41) is 67.6. The Morgan fingerprint density at radius 2 is 0.545 bits per heavy atom. The minimum atomic E-state index is -2.74. The van der Waals surface area contributed by atoms with E-state index in [9.17, 15) is 28.8 Å². The van der Waals surface area contributed by atoms with E-state index in [4.69, 9.17) is 40.9 Å². The zero-order valence-electron chi connectivity index (χ0n) is 16.0. The number of carbonyl (C=O) groups is 6. The van der Waals surface area contributed by atoms with Gasteiger partial charge in [-0.25, -0.2) is 9.59 Å². The van der Waals surface area contributed by atoms with Gasteiger partial charge in [-0.1, -0.05) is 0 Å². The van der Waals surface area contributed by atoms with Crippen molar-refractivity contribution >= 4 is 35.8 Å². The van der Waals surface area contributed by atoms with Crippen LogP contribution in [0.5, 0.6) is 0 Å². The van der Waals surface area contributed by atoms with Crippen molar-refractivity contribution < 1.29 is 131 Å². The average Bonchev–Trinajstić information content (AvgIpc) is 2.34. The van der Waals surface area contributed by atoms with Crippen LogP contribution in [0.4, 0.5) is 0 Å². The molecule has 0 rings (SSSR count). The number of aliphatic hydroxyl groups is 2. The predicted molar refractivity (Wildman–Crippen MR) is 92.3 cm³/mol. The van der Waals surface area contributed by atoms with E-state index < -0.39 is 72.7 Å². The van der Waals surface area contributed by atoms with E-state index in [-0.39, 0.29) is 61.5 Å². The molecule has 0 aromatic heterocycles. The number of rotatable bonds is 10. The van der Waals surface area contributed by atoms with Crippen LogP contribution >= 0.6 is 0 Å². The molecule has 21 heteroatoms. The van der Waals surface area contributed by atoms with Crippen molar-refractivity contribution in [1.82, 2.24) is 0 Å². The zero-order valence-corrected chi connectivity index (χ0v) is 17.8. The summed E-state index contributed by atoms with van der Waals surface area (Å²) < 4.78 is 0. The van der Waals surface area contributed by atoms with Crippen LogP contribution in [0.3, 0.4) is 0 Å². The van der Waals surface area contributed by atoms with E-state index in [2.05, 4.69) is 0 Å². The monoisotopic (exact) mass is 600 g/mol. The van der Waals surface area contributed by atoms with Crippen LogP contribution in [0.25, 0.3) is 0 Å². The predicted octanol–water partition coefficient (Wildman–Crippen LogP) is -6.63. The van der Waals surface area contributed by atoms with Gasteiger partial charge in [-0.2, -0.15) is 0 Å². The van der Waals surface area contributed by atoms with Gasteiger partial charge >= 0.3 is 70.0 Å². The third-order valence-corrected chi connectivity index (χ3v) is 2.57. The molecule has 0 bridgehead atoms.